The maximum atomic E-state index is 13.4. The Morgan fingerprint density at radius 3 is 1.18 bits per heavy atom. The first-order chi connectivity index (χ1) is 23.2. The topological polar surface area (TPSA) is 77.5 Å². The van der Waals surface area contributed by atoms with E-state index in [4.69, 9.17) is 18.9 Å². The zero-order valence-electron chi connectivity index (χ0n) is 29.1. The molecule has 0 aliphatic carbocycles. The molecule has 2 rings (SSSR count). The van der Waals surface area contributed by atoms with Gasteiger partial charge in [-0.05, 0) is 61.8 Å². The van der Waals surface area contributed by atoms with E-state index >= 15 is 0 Å². The summed E-state index contributed by atoms with van der Waals surface area (Å²) < 4.78 is 102. The van der Waals surface area contributed by atoms with Crippen molar-refractivity contribution in [2.24, 2.45) is 0 Å². The van der Waals surface area contributed by atoms with E-state index in [1.807, 2.05) is 13.8 Å². The van der Waals surface area contributed by atoms with Crippen LogP contribution in [-0.4, -0.2) is 88.6 Å². The fraction of sp³-hybridized carbons (Fsp3) is 0.600. The molecule has 8 nitrogen and oxygen atoms in total. The van der Waals surface area contributed by atoms with Gasteiger partial charge in [0, 0.05) is 37.3 Å². The Morgan fingerprint density at radius 2 is 0.898 bits per heavy atom. The van der Waals surface area contributed by atoms with Crippen LogP contribution in [0.5, 0.6) is 23.0 Å². The molecule has 276 valence electrons. The van der Waals surface area contributed by atoms with Gasteiger partial charge in [-0.2, -0.15) is 26.3 Å². The SMILES string of the molecule is CCc1c(CCN(CCCCCCCN(CCc2ccc(OC)c(OC)c2CC)C(=O)C(F)(F)F)C(=O)C(F)(F)F)ccc(OC)c1OC. The van der Waals surface area contributed by atoms with Crippen molar-refractivity contribution in [3.05, 3.63) is 46.5 Å². The minimum atomic E-state index is -5.03. The summed E-state index contributed by atoms with van der Waals surface area (Å²) in [4.78, 5) is 26.1. The van der Waals surface area contributed by atoms with Crippen molar-refractivity contribution in [1.29, 1.82) is 0 Å². The van der Waals surface area contributed by atoms with Gasteiger partial charge in [0.2, 0.25) is 0 Å². The third kappa shape index (κ3) is 11.6. The van der Waals surface area contributed by atoms with Crippen molar-refractivity contribution in [2.75, 3.05) is 54.6 Å². The van der Waals surface area contributed by atoms with Crippen LogP contribution in [0.25, 0.3) is 0 Å². The van der Waals surface area contributed by atoms with E-state index in [1.54, 1.807) is 24.3 Å². The maximum Gasteiger partial charge on any atom is 0.471 e. The van der Waals surface area contributed by atoms with E-state index in [9.17, 15) is 35.9 Å². The van der Waals surface area contributed by atoms with Crippen LogP contribution in [-0.2, 0) is 35.3 Å². The van der Waals surface area contributed by atoms with Gasteiger partial charge in [-0.15, -0.1) is 0 Å². The molecule has 2 aromatic carbocycles. The third-order valence-electron chi connectivity index (χ3n) is 8.42. The number of halogens is 6. The molecule has 0 heterocycles. The van der Waals surface area contributed by atoms with Crippen LogP contribution in [0.2, 0.25) is 0 Å². The first-order valence-electron chi connectivity index (χ1n) is 16.4. The van der Waals surface area contributed by atoms with Crippen LogP contribution in [0.3, 0.4) is 0 Å². The van der Waals surface area contributed by atoms with E-state index in [0.717, 1.165) is 32.1 Å². The zero-order chi connectivity index (χ0) is 36.8. The summed E-state index contributed by atoms with van der Waals surface area (Å²) in [6.45, 7) is 3.20. The number of carbonyl (C=O) groups excluding carboxylic acids is 2. The second-order valence-corrected chi connectivity index (χ2v) is 11.4. The fourth-order valence-corrected chi connectivity index (χ4v) is 5.94. The average Bonchev–Trinajstić information content (AvgIpc) is 3.07. The van der Waals surface area contributed by atoms with Crippen LogP contribution >= 0.6 is 0 Å². The number of ether oxygens (including phenoxy) is 4. The molecule has 14 heteroatoms. The highest BCUT2D eigenvalue weighted by Gasteiger charge is 2.43. The number of benzene rings is 2. The molecule has 0 unspecified atom stereocenters. The van der Waals surface area contributed by atoms with E-state index < -0.39 is 24.2 Å². The fourth-order valence-electron chi connectivity index (χ4n) is 5.94. The van der Waals surface area contributed by atoms with E-state index in [1.165, 1.54) is 28.4 Å². The Labute approximate surface area is 284 Å². The summed E-state index contributed by atoms with van der Waals surface area (Å²) in [5.41, 5.74) is 3.06. The number of nitrogens with zero attached hydrogens (tertiary/aromatic N) is 2. The second-order valence-electron chi connectivity index (χ2n) is 11.4. The van der Waals surface area contributed by atoms with Crippen molar-refractivity contribution in [3.8, 4) is 23.0 Å². The van der Waals surface area contributed by atoms with E-state index in [2.05, 4.69) is 0 Å². The normalized spacial score (nSPS) is 11.7. The first-order valence-corrected chi connectivity index (χ1v) is 16.4. The predicted octanol–water partition coefficient (Wildman–Crippen LogP) is 7.36. The van der Waals surface area contributed by atoms with Gasteiger partial charge in [-0.1, -0.05) is 45.2 Å². The maximum absolute atomic E-state index is 13.4. The molecule has 2 amide bonds. The highest BCUT2D eigenvalue weighted by Crippen LogP contribution is 2.35. The minimum Gasteiger partial charge on any atom is -0.493 e. The Balaban J connectivity index is 1.98. The molecule has 0 saturated heterocycles. The lowest BCUT2D eigenvalue weighted by Crippen LogP contribution is -2.43. The monoisotopic (exact) mass is 706 g/mol. The Morgan fingerprint density at radius 1 is 0.551 bits per heavy atom. The number of methoxy groups -OCH3 is 4. The lowest BCUT2D eigenvalue weighted by atomic mass is 10.00. The Kier molecular flexibility index (Phi) is 16.3. The summed E-state index contributed by atoms with van der Waals surface area (Å²) in [6.07, 6.45) is -6.65. The van der Waals surface area contributed by atoms with Gasteiger partial charge < -0.3 is 28.7 Å². The number of unbranched alkanes of at least 4 members (excludes halogenated alkanes) is 4. The first kappa shape index (κ1) is 41.3. The van der Waals surface area contributed by atoms with Crippen molar-refractivity contribution in [2.45, 2.75) is 84.0 Å². The highest BCUT2D eigenvalue weighted by atomic mass is 19.4. The summed E-state index contributed by atoms with van der Waals surface area (Å²) >= 11 is 0. The lowest BCUT2D eigenvalue weighted by Gasteiger charge is -2.25. The summed E-state index contributed by atoms with van der Waals surface area (Å²) in [7, 11) is 5.94. The van der Waals surface area contributed by atoms with Crippen LogP contribution in [0.15, 0.2) is 24.3 Å². The number of hydrogen-bond donors (Lipinski definition) is 0. The van der Waals surface area contributed by atoms with Crippen molar-refractivity contribution in [3.63, 3.8) is 0 Å². The lowest BCUT2D eigenvalue weighted by molar-refractivity contribution is -0.185. The van der Waals surface area contributed by atoms with Crippen LogP contribution < -0.4 is 18.9 Å². The summed E-state index contributed by atoms with van der Waals surface area (Å²) in [5, 5.41) is 0. The van der Waals surface area contributed by atoms with Gasteiger partial charge in [0.05, 0.1) is 28.4 Å². The van der Waals surface area contributed by atoms with Gasteiger partial charge in [-0.25, -0.2) is 0 Å². The largest absolute Gasteiger partial charge is 0.493 e. The van der Waals surface area contributed by atoms with Crippen molar-refractivity contribution < 1.29 is 54.9 Å². The van der Waals surface area contributed by atoms with E-state index in [0.29, 0.717) is 55.1 Å². The molecule has 49 heavy (non-hydrogen) atoms. The number of amides is 2. The molecule has 0 aliphatic heterocycles. The van der Waals surface area contributed by atoms with Gasteiger partial charge in [0.15, 0.2) is 23.0 Å². The molecule has 2 aromatic rings. The summed E-state index contributed by atoms with van der Waals surface area (Å²) in [5.74, 6) is -1.85. The third-order valence-corrected chi connectivity index (χ3v) is 8.42. The molecule has 0 aromatic heterocycles. The molecule has 0 N–H and O–H groups in total. The van der Waals surface area contributed by atoms with E-state index in [-0.39, 0.29) is 51.9 Å². The molecule has 0 aliphatic rings. The minimum absolute atomic E-state index is 0.128. The number of hydrogen-bond acceptors (Lipinski definition) is 6. The molecule has 0 fully saturated rings. The number of alkyl halides is 6. The molecule has 0 atom stereocenters. The Bertz CT molecular complexity index is 1260. The van der Waals surface area contributed by atoms with Crippen molar-refractivity contribution in [1.82, 2.24) is 9.80 Å². The molecule has 0 bridgehead atoms. The van der Waals surface area contributed by atoms with Gasteiger partial charge in [0.25, 0.3) is 0 Å². The second kappa shape index (κ2) is 19.4. The quantitative estimate of drug-likeness (QED) is 0.106. The predicted molar refractivity (Wildman–Crippen MR) is 174 cm³/mol. The molecular weight excluding hydrogens is 658 g/mol. The smallest absolute Gasteiger partial charge is 0.471 e. The van der Waals surface area contributed by atoms with Crippen molar-refractivity contribution >= 4 is 11.8 Å². The summed E-state index contributed by atoms with van der Waals surface area (Å²) in [6, 6.07) is 6.84. The van der Waals surface area contributed by atoms with Gasteiger partial charge in [0.1, 0.15) is 0 Å². The van der Waals surface area contributed by atoms with Crippen LogP contribution in [0.4, 0.5) is 26.3 Å². The van der Waals surface area contributed by atoms with Crippen LogP contribution in [0.1, 0.15) is 68.2 Å². The number of rotatable bonds is 20. The standard InChI is InChI=1S/C35H48F6N2O6/c1-7-26-24(14-16-28(46-3)30(26)48-5)18-22-42(32(44)34(36,37)38)20-12-10-9-11-13-21-43(33(45)35(39,40)41)23-19-25-15-17-29(47-4)31(49-6)27(25)8-2/h14-17H,7-13,18-23H2,1-6H3. The highest BCUT2D eigenvalue weighted by molar-refractivity contribution is 5.82. The molecule has 0 spiro atoms. The average molecular weight is 707 g/mol. The van der Waals surface area contributed by atoms with Gasteiger partial charge >= 0.3 is 24.2 Å². The zero-order valence-corrected chi connectivity index (χ0v) is 29.1. The van der Waals surface area contributed by atoms with Gasteiger partial charge in [-0.3, -0.25) is 9.59 Å². The molecule has 0 saturated carbocycles. The van der Waals surface area contributed by atoms with Crippen LogP contribution in [0, 0.1) is 0 Å². The molecular formula is C35H48F6N2O6. The Hall–Kier alpha value is -3.84. The number of carbonyl (C=O) groups is 2. The molecule has 0 radical (unpaired) electrons.